The Morgan fingerprint density at radius 1 is 1.24 bits per heavy atom. The van der Waals surface area contributed by atoms with Crippen LogP contribution in [0.4, 0.5) is 0 Å². The van der Waals surface area contributed by atoms with Crippen LogP contribution in [0.25, 0.3) is 0 Å². The molecule has 6 nitrogen and oxygen atoms in total. The monoisotopic (exact) mass is 287 g/mol. The molecule has 110 valence electrons. The number of rotatable bonds is 5. The van der Waals surface area contributed by atoms with Crippen LogP contribution in [0.1, 0.15) is 29.0 Å². The molecule has 0 aliphatic carbocycles. The van der Waals surface area contributed by atoms with Crippen LogP contribution >= 0.6 is 0 Å². The molecule has 1 aromatic heterocycles. The standard InChI is InChI=1S/C15H17N3O3/c1-10(18-15(19)13-9-16-6-7-17-13)12-8-11(20-2)4-5-14(12)21-3/h4-10H,1-3H3,(H,18,19)/t10-/m1/s1. The van der Waals surface area contributed by atoms with Gasteiger partial charge in [0.05, 0.1) is 26.5 Å². The zero-order chi connectivity index (χ0) is 15.2. The Morgan fingerprint density at radius 2 is 2.05 bits per heavy atom. The van der Waals surface area contributed by atoms with E-state index in [1.165, 1.54) is 18.6 Å². The van der Waals surface area contributed by atoms with Gasteiger partial charge in [0, 0.05) is 18.0 Å². The van der Waals surface area contributed by atoms with Gasteiger partial charge < -0.3 is 14.8 Å². The Bertz CT molecular complexity index is 617. The summed E-state index contributed by atoms with van der Waals surface area (Å²) in [7, 11) is 3.18. The van der Waals surface area contributed by atoms with E-state index >= 15 is 0 Å². The zero-order valence-corrected chi connectivity index (χ0v) is 12.2. The molecule has 1 N–H and O–H groups in total. The number of nitrogens with zero attached hydrogens (tertiary/aromatic N) is 2. The first kappa shape index (κ1) is 14.8. The maximum Gasteiger partial charge on any atom is 0.271 e. The van der Waals surface area contributed by atoms with E-state index in [9.17, 15) is 4.79 Å². The van der Waals surface area contributed by atoms with E-state index in [0.717, 1.165) is 5.56 Å². The lowest BCUT2D eigenvalue weighted by molar-refractivity contribution is 0.0934. The summed E-state index contributed by atoms with van der Waals surface area (Å²) < 4.78 is 10.5. The Morgan fingerprint density at radius 3 is 2.67 bits per heavy atom. The van der Waals surface area contributed by atoms with Crippen LogP contribution in [0.15, 0.2) is 36.8 Å². The number of ether oxygens (including phenoxy) is 2. The molecule has 0 saturated heterocycles. The van der Waals surface area contributed by atoms with Gasteiger partial charge in [-0.3, -0.25) is 9.78 Å². The molecule has 0 aliphatic heterocycles. The van der Waals surface area contributed by atoms with E-state index in [1.54, 1.807) is 26.4 Å². The normalized spacial score (nSPS) is 11.6. The van der Waals surface area contributed by atoms with Crippen LogP contribution in [-0.2, 0) is 0 Å². The van der Waals surface area contributed by atoms with Crippen molar-refractivity contribution in [3.63, 3.8) is 0 Å². The molecule has 1 atom stereocenters. The number of methoxy groups -OCH3 is 2. The number of aromatic nitrogens is 2. The summed E-state index contributed by atoms with van der Waals surface area (Å²) in [4.78, 5) is 19.9. The number of nitrogens with one attached hydrogen (secondary N) is 1. The number of hydrogen-bond donors (Lipinski definition) is 1. The van der Waals surface area contributed by atoms with Gasteiger partial charge in [-0.05, 0) is 25.1 Å². The van der Waals surface area contributed by atoms with Gasteiger partial charge in [-0.15, -0.1) is 0 Å². The van der Waals surface area contributed by atoms with Gasteiger partial charge in [-0.25, -0.2) is 4.98 Å². The Labute approximate surface area is 123 Å². The van der Waals surface area contributed by atoms with Gasteiger partial charge in [0.2, 0.25) is 0 Å². The van der Waals surface area contributed by atoms with Crippen LogP contribution in [0, 0.1) is 0 Å². The quantitative estimate of drug-likeness (QED) is 0.910. The number of amides is 1. The lowest BCUT2D eigenvalue weighted by atomic mass is 10.1. The van der Waals surface area contributed by atoms with Crippen molar-refractivity contribution in [3.8, 4) is 11.5 Å². The molecule has 0 unspecified atom stereocenters. The van der Waals surface area contributed by atoms with Crippen LogP contribution in [0.5, 0.6) is 11.5 Å². The van der Waals surface area contributed by atoms with Gasteiger partial charge in [0.15, 0.2) is 0 Å². The maximum absolute atomic E-state index is 12.1. The second kappa shape index (κ2) is 6.69. The molecule has 0 fully saturated rings. The first-order valence-corrected chi connectivity index (χ1v) is 6.44. The highest BCUT2D eigenvalue weighted by molar-refractivity contribution is 5.92. The molecule has 0 saturated carbocycles. The molecule has 6 heteroatoms. The van der Waals surface area contributed by atoms with Crippen LogP contribution < -0.4 is 14.8 Å². The molecule has 2 rings (SSSR count). The van der Waals surface area contributed by atoms with Gasteiger partial charge in [-0.2, -0.15) is 0 Å². The van der Waals surface area contributed by atoms with Gasteiger partial charge in [0.1, 0.15) is 17.2 Å². The van der Waals surface area contributed by atoms with Crippen molar-refractivity contribution in [1.29, 1.82) is 0 Å². The fourth-order valence-electron chi connectivity index (χ4n) is 1.94. The van der Waals surface area contributed by atoms with E-state index in [0.29, 0.717) is 11.5 Å². The number of hydrogen-bond acceptors (Lipinski definition) is 5. The summed E-state index contributed by atoms with van der Waals surface area (Å²) in [5, 5.41) is 2.86. The van der Waals surface area contributed by atoms with Crippen molar-refractivity contribution in [2.75, 3.05) is 14.2 Å². The fourth-order valence-corrected chi connectivity index (χ4v) is 1.94. The highest BCUT2D eigenvalue weighted by Gasteiger charge is 2.16. The minimum absolute atomic E-state index is 0.260. The second-order valence-corrected chi connectivity index (χ2v) is 4.39. The molecule has 1 aromatic carbocycles. The molecular weight excluding hydrogens is 270 g/mol. The van der Waals surface area contributed by atoms with E-state index in [1.807, 2.05) is 13.0 Å². The summed E-state index contributed by atoms with van der Waals surface area (Å²) in [6.07, 6.45) is 4.42. The smallest absolute Gasteiger partial charge is 0.271 e. The van der Waals surface area contributed by atoms with Gasteiger partial charge >= 0.3 is 0 Å². The summed E-state index contributed by atoms with van der Waals surface area (Å²) in [6, 6.07) is 5.18. The summed E-state index contributed by atoms with van der Waals surface area (Å²) >= 11 is 0. The van der Waals surface area contributed by atoms with Crippen molar-refractivity contribution >= 4 is 5.91 Å². The molecule has 0 radical (unpaired) electrons. The molecular formula is C15H17N3O3. The summed E-state index contributed by atoms with van der Waals surface area (Å²) in [5.74, 6) is 1.09. The zero-order valence-electron chi connectivity index (χ0n) is 12.2. The van der Waals surface area contributed by atoms with E-state index < -0.39 is 0 Å². The lowest BCUT2D eigenvalue weighted by Crippen LogP contribution is -2.27. The van der Waals surface area contributed by atoms with Crippen LogP contribution in [0.3, 0.4) is 0 Å². The molecule has 1 heterocycles. The van der Waals surface area contributed by atoms with Crippen molar-refractivity contribution in [2.24, 2.45) is 0 Å². The Hall–Kier alpha value is -2.63. The third-order valence-corrected chi connectivity index (χ3v) is 3.05. The molecule has 21 heavy (non-hydrogen) atoms. The van der Waals surface area contributed by atoms with Crippen molar-refractivity contribution in [2.45, 2.75) is 13.0 Å². The van der Waals surface area contributed by atoms with E-state index in [2.05, 4.69) is 15.3 Å². The van der Waals surface area contributed by atoms with Crippen LogP contribution in [0.2, 0.25) is 0 Å². The number of carbonyl (C=O) groups excluding carboxylic acids is 1. The maximum atomic E-state index is 12.1. The highest BCUT2D eigenvalue weighted by Crippen LogP contribution is 2.29. The minimum atomic E-state index is -0.291. The van der Waals surface area contributed by atoms with E-state index in [4.69, 9.17) is 9.47 Å². The SMILES string of the molecule is COc1ccc(OC)c([C@@H](C)NC(=O)c2cnccn2)c1. The summed E-state index contributed by atoms with van der Waals surface area (Å²) in [6.45, 7) is 1.87. The predicted molar refractivity (Wildman–Crippen MR) is 77.5 cm³/mol. The van der Waals surface area contributed by atoms with Crippen molar-refractivity contribution in [3.05, 3.63) is 48.0 Å². The summed E-state index contributed by atoms with van der Waals surface area (Å²) in [5.41, 5.74) is 1.10. The van der Waals surface area contributed by atoms with Gasteiger partial charge in [-0.1, -0.05) is 0 Å². The predicted octanol–water partition coefficient (Wildman–Crippen LogP) is 1.98. The highest BCUT2D eigenvalue weighted by atomic mass is 16.5. The number of benzene rings is 1. The Kier molecular flexibility index (Phi) is 4.71. The first-order chi connectivity index (χ1) is 10.2. The third-order valence-electron chi connectivity index (χ3n) is 3.05. The second-order valence-electron chi connectivity index (χ2n) is 4.39. The van der Waals surface area contributed by atoms with Crippen molar-refractivity contribution < 1.29 is 14.3 Å². The topological polar surface area (TPSA) is 73.3 Å². The van der Waals surface area contributed by atoms with Crippen LogP contribution in [-0.4, -0.2) is 30.1 Å². The number of carbonyl (C=O) groups is 1. The Balaban J connectivity index is 2.20. The molecule has 0 spiro atoms. The fraction of sp³-hybridized carbons (Fsp3) is 0.267. The molecule has 2 aromatic rings. The van der Waals surface area contributed by atoms with E-state index in [-0.39, 0.29) is 17.6 Å². The largest absolute Gasteiger partial charge is 0.497 e. The van der Waals surface area contributed by atoms with Crippen molar-refractivity contribution in [1.82, 2.24) is 15.3 Å². The lowest BCUT2D eigenvalue weighted by Gasteiger charge is -2.18. The first-order valence-electron chi connectivity index (χ1n) is 6.44. The molecule has 0 aliphatic rings. The average Bonchev–Trinajstić information content (AvgIpc) is 2.54. The average molecular weight is 287 g/mol. The van der Waals surface area contributed by atoms with Gasteiger partial charge in [0.25, 0.3) is 5.91 Å². The molecule has 1 amide bonds. The molecule has 0 bridgehead atoms. The minimum Gasteiger partial charge on any atom is -0.497 e. The third kappa shape index (κ3) is 3.47.